The molecule has 1 aliphatic carbocycles. The van der Waals surface area contributed by atoms with Crippen LogP contribution in [0.1, 0.15) is 30.7 Å². The van der Waals surface area contributed by atoms with Gasteiger partial charge in [0.05, 0.1) is 19.4 Å². The zero-order chi connectivity index (χ0) is 14.4. The van der Waals surface area contributed by atoms with Gasteiger partial charge in [-0.3, -0.25) is 5.32 Å². The zero-order valence-electron chi connectivity index (χ0n) is 11.9. The van der Waals surface area contributed by atoms with Crippen LogP contribution in [-0.2, 0) is 0 Å². The number of hydrogen-bond donors (Lipinski definition) is 3. The van der Waals surface area contributed by atoms with Gasteiger partial charge in [-0.1, -0.05) is 24.3 Å². The summed E-state index contributed by atoms with van der Waals surface area (Å²) in [6.45, 7) is 0.464. The van der Waals surface area contributed by atoms with Gasteiger partial charge in [0.25, 0.3) is 0 Å². The molecule has 0 aliphatic heterocycles. The van der Waals surface area contributed by atoms with Crippen molar-refractivity contribution in [3.8, 4) is 5.75 Å². The Morgan fingerprint density at radius 1 is 1.30 bits per heavy atom. The van der Waals surface area contributed by atoms with Crippen molar-refractivity contribution in [1.29, 1.82) is 0 Å². The van der Waals surface area contributed by atoms with Crippen molar-refractivity contribution in [1.82, 2.24) is 5.32 Å². The Labute approximate surface area is 120 Å². The molecule has 2 atom stereocenters. The van der Waals surface area contributed by atoms with Crippen molar-refractivity contribution in [3.63, 3.8) is 0 Å². The van der Waals surface area contributed by atoms with E-state index >= 15 is 0 Å². The van der Waals surface area contributed by atoms with Gasteiger partial charge in [-0.2, -0.15) is 0 Å². The minimum absolute atomic E-state index is 0.0505. The van der Waals surface area contributed by atoms with Crippen molar-refractivity contribution in [2.75, 3.05) is 20.4 Å². The molecule has 2 unspecified atom stereocenters. The van der Waals surface area contributed by atoms with E-state index in [2.05, 4.69) is 11.4 Å². The fourth-order valence-corrected chi connectivity index (χ4v) is 2.82. The quantitative estimate of drug-likeness (QED) is 0.548. The highest BCUT2D eigenvalue weighted by Crippen LogP contribution is 2.37. The zero-order valence-corrected chi connectivity index (χ0v) is 11.9. The third kappa shape index (κ3) is 3.39. The lowest BCUT2D eigenvalue weighted by molar-refractivity contribution is 0.00188. The summed E-state index contributed by atoms with van der Waals surface area (Å²) >= 11 is 0. The van der Waals surface area contributed by atoms with Crippen molar-refractivity contribution < 1.29 is 14.9 Å². The maximum Gasteiger partial charge on any atom is 0.118 e. The minimum atomic E-state index is -0.758. The molecule has 1 aromatic rings. The number of nitrogens with one attached hydrogen (secondary N) is 1. The molecule has 1 aromatic carbocycles. The molecule has 4 nitrogen and oxygen atoms in total. The van der Waals surface area contributed by atoms with Crippen LogP contribution in [0.15, 0.2) is 36.4 Å². The normalized spacial score (nSPS) is 23.6. The Morgan fingerprint density at radius 3 is 2.60 bits per heavy atom. The Morgan fingerprint density at radius 2 is 2.05 bits per heavy atom. The summed E-state index contributed by atoms with van der Waals surface area (Å²) in [5.74, 6) is 0.753. The van der Waals surface area contributed by atoms with Crippen molar-refractivity contribution in [3.05, 3.63) is 42.0 Å². The predicted octanol–water partition coefficient (Wildman–Crippen LogP) is 1.79. The molecule has 4 heteroatoms. The monoisotopic (exact) mass is 277 g/mol. The summed E-state index contributed by atoms with van der Waals surface area (Å²) in [6.07, 6.45) is 6.43. The van der Waals surface area contributed by atoms with Gasteiger partial charge in [0.2, 0.25) is 0 Å². The van der Waals surface area contributed by atoms with Gasteiger partial charge in [-0.25, -0.2) is 0 Å². The SMILES string of the molecule is COc1ccc(C(CNCO)C2(O)CC=CCC2)cc1. The summed E-state index contributed by atoms with van der Waals surface area (Å²) in [6, 6.07) is 7.78. The first kappa shape index (κ1) is 15.0. The van der Waals surface area contributed by atoms with Crippen molar-refractivity contribution in [2.45, 2.75) is 30.8 Å². The largest absolute Gasteiger partial charge is 0.497 e. The van der Waals surface area contributed by atoms with E-state index in [0.29, 0.717) is 13.0 Å². The highest BCUT2D eigenvalue weighted by molar-refractivity contribution is 5.32. The number of rotatable bonds is 6. The topological polar surface area (TPSA) is 61.7 Å². The molecule has 20 heavy (non-hydrogen) atoms. The first-order valence-corrected chi connectivity index (χ1v) is 7.02. The lowest BCUT2D eigenvalue weighted by Gasteiger charge is -2.38. The fraction of sp³-hybridized carbons (Fsp3) is 0.500. The Kier molecular flexibility index (Phi) is 5.17. The molecule has 2 rings (SSSR count). The summed E-state index contributed by atoms with van der Waals surface area (Å²) in [7, 11) is 1.64. The molecule has 0 amide bonds. The number of ether oxygens (including phenoxy) is 1. The van der Waals surface area contributed by atoms with Crippen LogP contribution < -0.4 is 10.1 Å². The van der Waals surface area contributed by atoms with Gasteiger partial charge in [0.15, 0.2) is 0 Å². The first-order valence-electron chi connectivity index (χ1n) is 7.02. The van der Waals surface area contributed by atoms with E-state index < -0.39 is 5.60 Å². The molecule has 0 fully saturated rings. The first-order chi connectivity index (χ1) is 9.69. The molecule has 0 heterocycles. The van der Waals surface area contributed by atoms with Crippen LogP contribution in [-0.4, -0.2) is 36.2 Å². The molecular formula is C16H23NO3. The van der Waals surface area contributed by atoms with Crippen LogP contribution in [0.5, 0.6) is 5.75 Å². The van der Waals surface area contributed by atoms with Crippen LogP contribution in [0.2, 0.25) is 0 Å². The standard InChI is InChI=1S/C16H23NO3/c1-20-14-7-5-13(6-8-14)15(11-17-12-18)16(19)9-3-2-4-10-16/h2-3,5-8,15,17-19H,4,9-12H2,1H3. The van der Waals surface area contributed by atoms with E-state index in [4.69, 9.17) is 9.84 Å². The molecule has 0 spiro atoms. The third-order valence-electron chi connectivity index (χ3n) is 4.01. The maximum absolute atomic E-state index is 10.9. The van der Waals surface area contributed by atoms with Crippen molar-refractivity contribution in [2.24, 2.45) is 0 Å². The van der Waals surface area contributed by atoms with E-state index in [9.17, 15) is 5.11 Å². The van der Waals surface area contributed by atoms with E-state index in [1.165, 1.54) is 0 Å². The smallest absolute Gasteiger partial charge is 0.118 e. The second-order valence-corrected chi connectivity index (χ2v) is 5.26. The van der Waals surface area contributed by atoms with Crippen molar-refractivity contribution >= 4 is 0 Å². The van der Waals surface area contributed by atoms with E-state index in [1.807, 2.05) is 30.3 Å². The second kappa shape index (κ2) is 6.88. The summed E-state index contributed by atoms with van der Waals surface area (Å²) < 4.78 is 5.17. The minimum Gasteiger partial charge on any atom is -0.497 e. The van der Waals surface area contributed by atoms with Gasteiger partial charge in [-0.05, 0) is 37.0 Å². The number of aliphatic hydroxyl groups excluding tert-OH is 1. The number of allylic oxidation sites excluding steroid dienone is 1. The van der Waals surface area contributed by atoms with Gasteiger partial charge in [0, 0.05) is 12.5 Å². The molecule has 0 saturated carbocycles. The fourth-order valence-electron chi connectivity index (χ4n) is 2.82. The lowest BCUT2D eigenvalue weighted by atomic mass is 9.75. The van der Waals surface area contributed by atoms with E-state index in [1.54, 1.807) is 7.11 Å². The van der Waals surface area contributed by atoms with E-state index in [0.717, 1.165) is 24.2 Å². The number of methoxy groups -OCH3 is 1. The molecule has 1 aliphatic rings. The summed E-state index contributed by atoms with van der Waals surface area (Å²) in [5.41, 5.74) is 0.301. The third-order valence-corrected chi connectivity index (χ3v) is 4.01. The Hall–Kier alpha value is -1.36. The van der Waals surface area contributed by atoms with Gasteiger partial charge < -0.3 is 14.9 Å². The van der Waals surface area contributed by atoms with Crippen LogP contribution in [0, 0.1) is 0 Å². The van der Waals surface area contributed by atoms with Crippen LogP contribution in [0.4, 0.5) is 0 Å². The van der Waals surface area contributed by atoms with Gasteiger partial charge in [-0.15, -0.1) is 0 Å². The lowest BCUT2D eigenvalue weighted by Crippen LogP contribution is -2.42. The molecule has 0 aromatic heterocycles. The Bertz CT molecular complexity index is 444. The number of hydrogen-bond acceptors (Lipinski definition) is 4. The number of aliphatic hydroxyl groups is 2. The molecule has 110 valence electrons. The maximum atomic E-state index is 10.9. The highest BCUT2D eigenvalue weighted by Gasteiger charge is 2.37. The highest BCUT2D eigenvalue weighted by atomic mass is 16.5. The van der Waals surface area contributed by atoms with Gasteiger partial charge >= 0.3 is 0 Å². The van der Waals surface area contributed by atoms with E-state index in [-0.39, 0.29) is 12.6 Å². The summed E-state index contributed by atoms with van der Waals surface area (Å²) in [5, 5.41) is 22.9. The second-order valence-electron chi connectivity index (χ2n) is 5.26. The predicted molar refractivity (Wildman–Crippen MR) is 78.8 cm³/mol. The molecular weight excluding hydrogens is 254 g/mol. The average Bonchev–Trinajstić information content (AvgIpc) is 2.49. The van der Waals surface area contributed by atoms with Gasteiger partial charge in [0.1, 0.15) is 5.75 Å². The number of benzene rings is 1. The van der Waals surface area contributed by atoms with Crippen LogP contribution >= 0.6 is 0 Å². The molecule has 0 saturated heterocycles. The van der Waals surface area contributed by atoms with Crippen LogP contribution in [0.3, 0.4) is 0 Å². The van der Waals surface area contributed by atoms with Crippen LogP contribution in [0.25, 0.3) is 0 Å². The molecule has 0 bridgehead atoms. The molecule has 0 radical (unpaired) electrons. The average molecular weight is 277 g/mol. The summed E-state index contributed by atoms with van der Waals surface area (Å²) in [4.78, 5) is 0. The Balaban J connectivity index is 2.23. The molecule has 3 N–H and O–H groups in total.